The third kappa shape index (κ3) is 5.18. The molecule has 0 bridgehead atoms. The number of phenols is 2. The first kappa shape index (κ1) is 27.0. The lowest BCUT2D eigenvalue weighted by Gasteiger charge is -2.36. The van der Waals surface area contributed by atoms with Gasteiger partial charge in [0.1, 0.15) is 29.6 Å². The molecule has 40 heavy (non-hydrogen) atoms. The summed E-state index contributed by atoms with van der Waals surface area (Å²) in [5.74, 6) is 1.88. The highest BCUT2D eigenvalue weighted by Gasteiger charge is 2.53. The fraction of sp³-hybridized carbons (Fsp3) is 0.267. The van der Waals surface area contributed by atoms with Gasteiger partial charge in [0.05, 0.1) is 38.6 Å². The lowest BCUT2D eigenvalue weighted by Crippen LogP contribution is -2.33. The Labute approximate surface area is 230 Å². The lowest BCUT2D eigenvalue weighted by molar-refractivity contribution is 0.0209. The van der Waals surface area contributed by atoms with Crippen molar-refractivity contribution in [2.45, 2.75) is 5.60 Å². The average Bonchev–Trinajstić information content (AvgIpc) is 3.23. The molecule has 0 aromatic heterocycles. The quantitative estimate of drug-likeness (QED) is 0.189. The van der Waals surface area contributed by atoms with E-state index in [4.69, 9.17) is 30.1 Å². The number of carbonyl (C=O) groups excluding carboxylic acids is 2. The van der Waals surface area contributed by atoms with E-state index >= 15 is 0 Å². The molecule has 3 aromatic carbocycles. The van der Waals surface area contributed by atoms with E-state index in [9.17, 15) is 19.8 Å². The number of esters is 1. The Morgan fingerprint density at radius 3 is 2.12 bits per heavy atom. The van der Waals surface area contributed by atoms with Crippen molar-refractivity contribution in [3.63, 3.8) is 0 Å². The van der Waals surface area contributed by atoms with Crippen LogP contribution >= 0.6 is 0 Å². The first-order valence-electron chi connectivity index (χ1n) is 12.6. The molecule has 10 nitrogen and oxygen atoms in total. The minimum atomic E-state index is -1.44. The molecule has 2 aliphatic heterocycles. The van der Waals surface area contributed by atoms with Crippen LogP contribution in [0.5, 0.6) is 23.0 Å². The number of hydrogen-bond acceptors (Lipinski definition) is 9. The van der Waals surface area contributed by atoms with Gasteiger partial charge in [-0.25, -0.2) is 4.79 Å². The molecule has 2 aliphatic rings. The van der Waals surface area contributed by atoms with Gasteiger partial charge in [0.2, 0.25) is 0 Å². The predicted octanol–water partition coefficient (Wildman–Crippen LogP) is 3.08. The Balaban J connectivity index is 1.30. The number of carbonyl (C=O) groups is 2. The largest absolute Gasteiger partial charge is 0.508 e. The monoisotopic (exact) mass is 545 g/mol. The molecule has 5 rings (SSSR count). The summed E-state index contributed by atoms with van der Waals surface area (Å²) in [6, 6.07) is 13.7. The number of hydrogen-bond donors (Lipinski definition) is 3. The number of nitrogens with one attached hydrogen (secondary N) is 1. The van der Waals surface area contributed by atoms with Crippen molar-refractivity contribution >= 4 is 11.9 Å². The molecule has 1 spiro atoms. The molecule has 0 unspecified atom stereocenters. The van der Waals surface area contributed by atoms with E-state index in [2.05, 4.69) is 11.2 Å². The highest BCUT2D eigenvalue weighted by Crippen LogP contribution is 2.57. The van der Waals surface area contributed by atoms with Gasteiger partial charge in [-0.15, -0.1) is 6.42 Å². The number of amides is 1. The summed E-state index contributed by atoms with van der Waals surface area (Å²) in [4.78, 5) is 26.1. The number of ether oxygens (including phenoxy) is 5. The van der Waals surface area contributed by atoms with Gasteiger partial charge in [0, 0.05) is 40.9 Å². The van der Waals surface area contributed by atoms with Crippen LogP contribution in [-0.4, -0.2) is 68.3 Å². The molecule has 0 radical (unpaired) electrons. The van der Waals surface area contributed by atoms with Gasteiger partial charge >= 0.3 is 5.97 Å². The molecule has 3 N–H and O–H groups in total. The Morgan fingerprint density at radius 2 is 1.48 bits per heavy atom. The van der Waals surface area contributed by atoms with E-state index in [-0.39, 0.29) is 48.7 Å². The third-order valence-electron chi connectivity index (χ3n) is 6.50. The van der Waals surface area contributed by atoms with Crippen LogP contribution in [0.15, 0.2) is 54.6 Å². The number of terminal acetylenes is 1. The van der Waals surface area contributed by atoms with Gasteiger partial charge in [0.25, 0.3) is 5.91 Å². The maximum Gasteiger partial charge on any atom is 0.340 e. The SMILES string of the molecule is C#CCOCCOCCOCCNC(=O)c1ccc2c(c1)C1(OC2=O)c2ccc(O)cc2Oc2cc(O)ccc21. The van der Waals surface area contributed by atoms with Gasteiger partial charge in [-0.3, -0.25) is 4.79 Å². The summed E-state index contributed by atoms with van der Waals surface area (Å²) in [6.45, 7) is 2.36. The molecule has 0 aliphatic carbocycles. The van der Waals surface area contributed by atoms with Gasteiger partial charge in [0.15, 0.2) is 5.60 Å². The van der Waals surface area contributed by atoms with Crippen LogP contribution in [0.2, 0.25) is 0 Å². The molecular formula is C30H27NO9. The molecule has 0 saturated carbocycles. The summed E-state index contributed by atoms with van der Waals surface area (Å²) in [5.41, 5.74) is 0.579. The molecule has 1 amide bonds. The highest BCUT2D eigenvalue weighted by molar-refractivity contribution is 6.00. The van der Waals surface area contributed by atoms with Crippen molar-refractivity contribution < 1.29 is 43.5 Å². The predicted molar refractivity (Wildman–Crippen MR) is 142 cm³/mol. The van der Waals surface area contributed by atoms with E-state index in [0.717, 1.165) is 0 Å². The molecule has 0 fully saturated rings. The highest BCUT2D eigenvalue weighted by atomic mass is 16.6. The van der Waals surface area contributed by atoms with Crippen LogP contribution in [0.25, 0.3) is 0 Å². The summed E-state index contributed by atoms with van der Waals surface area (Å²) in [7, 11) is 0. The molecular weight excluding hydrogens is 518 g/mol. The standard InChI is InChI=1S/C30H27NO9/c1-2-10-36-12-14-38-15-13-37-11-9-31-28(34)19-3-6-22-25(16-19)30(40-29(22)35)23-7-4-20(32)17-26(23)39-27-18-21(33)5-8-24(27)30/h1,3-8,16-18,32-33H,9-15H2,(H,31,34). The van der Waals surface area contributed by atoms with Crippen molar-refractivity contribution in [1.29, 1.82) is 0 Å². The fourth-order valence-corrected chi connectivity index (χ4v) is 4.75. The van der Waals surface area contributed by atoms with Crippen LogP contribution in [0.4, 0.5) is 0 Å². The van der Waals surface area contributed by atoms with Gasteiger partial charge in [-0.05, 0) is 42.5 Å². The van der Waals surface area contributed by atoms with Crippen LogP contribution in [0.3, 0.4) is 0 Å². The normalized spacial score (nSPS) is 13.9. The zero-order valence-corrected chi connectivity index (χ0v) is 21.5. The van der Waals surface area contributed by atoms with E-state index < -0.39 is 11.6 Å². The van der Waals surface area contributed by atoms with Crippen LogP contribution < -0.4 is 10.1 Å². The Hall–Kier alpha value is -4.56. The van der Waals surface area contributed by atoms with E-state index in [1.807, 2.05) is 0 Å². The average molecular weight is 546 g/mol. The van der Waals surface area contributed by atoms with Crippen molar-refractivity contribution in [3.05, 3.63) is 82.4 Å². The first-order valence-corrected chi connectivity index (χ1v) is 12.6. The smallest absolute Gasteiger partial charge is 0.340 e. The van der Waals surface area contributed by atoms with E-state index in [1.54, 1.807) is 30.3 Å². The summed E-state index contributed by atoms with van der Waals surface area (Å²) >= 11 is 0. The Kier molecular flexibility index (Phi) is 7.89. The second-order valence-electron chi connectivity index (χ2n) is 9.03. The second-order valence-corrected chi connectivity index (χ2v) is 9.03. The summed E-state index contributed by atoms with van der Waals surface area (Å²) in [6.07, 6.45) is 5.10. The second kappa shape index (κ2) is 11.7. The maximum absolute atomic E-state index is 13.1. The first-order chi connectivity index (χ1) is 19.4. The number of rotatable bonds is 11. The third-order valence-corrected chi connectivity index (χ3v) is 6.50. The van der Waals surface area contributed by atoms with E-state index in [1.165, 1.54) is 24.3 Å². The zero-order chi connectivity index (χ0) is 28.1. The minimum Gasteiger partial charge on any atom is -0.508 e. The molecule has 0 saturated heterocycles. The fourth-order valence-electron chi connectivity index (χ4n) is 4.75. The van der Waals surface area contributed by atoms with Crippen LogP contribution in [-0.2, 0) is 24.5 Å². The van der Waals surface area contributed by atoms with Crippen molar-refractivity contribution in [2.24, 2.45) is 0 Å². The molecule has 2 heterocycles. The molecule has 10 heteroatoms. The van der Waals surface area contributed by atoms with Gasteiger partial charge < -0.3 is 39.2 Å². The van der Waals surface area contributed by atoms with Crippen molar-refractivity contribution in [2.75, 3.05) is 46.2 Å². The molecule has 3 aromatic rings. The maximum atomic E-state index is 13.1. The van der Waals surface area contributed by atoms with Crippen molar-refractivity contribution in [1.82, 2.24) is 5.32 Å². The van der Waals surface area contributed by atoms with Crippen LogP contribution in [0, 0.1) is 12.3 Å². The number of phenolic OH excluding ortho intramolecular Hbond substituents is 2. The Morgan fingerprint density at radius 1 is 0.850 bits per heavy atom. The van der Waals surface area contributed by atoms with Gasteiger partial charge in [-0.2, -0.15) is 0 Å². The molecule has 206 valence electrons. The summed E-state index contributed by atoms with van der Waals surface area (Å²) in [5, 5.41) is 23.0. The number of fused-ring (bicyclic) bond motifs is 6. The topological polar surface area (TPSA) is 133 Å². The van der Waals surface area contributed by atoms with E-state index in [0.29, 0.717) is 54.2 Å². The minimum absolute atomic E-state index is 0.0435. The van der Waals surface area contributed by atoms with Crippen molar-refractivity contribution in [3.8, 4) is 35.3 Å². The summed E-state index contributed by atoms with van der Waals surface area (Å²) < 4.78 is 28.0. The zero-order valence-electron chi connectivity index (χ0n) is 21.5. The van der Waals surface area contributed by atoms with Crippen LogP contribution in [0.1, 0.15) is 37.4 Å². The number of benzene rings is 3. The number of aromatic hydroxyl groups is 2. The Bertz CT molecular complexity index is 1420. The van der Waals surface area contributed by atoms with Gasteiger partial charge in [-0.1, -0.05) is 5.92 Å². The lowest BCUT2D eigenvalue weighted by atomic mass is 9.77. The molecule has 0 atom stereocenters.